The number of carbonyl (C=O) groups excluding carboxylic acids is 1. The highest BCUT2D eigenvalue weighted by molar-refractivity contribution is 8.02. The average molecular weight is 323 g/mol. The van der Waals surface area contributed by atoms with E-state index in [-0.39, 0.29) is 22.2 Å². The number of β-lactam (4-membered cyclic amide) rings is 1. The number of thioether (sulfide) groups is 1. The van der Waals surface area contributed by atoms with Crippen molar-refractivity contribution in [3.8, 4) is 0 Å². The number of amides is 1. The van der Waals surface area contributed by atoms with Gasteiger partial charge in [-0.1, -0.05) is 67.6 Å². The molecule has 2 aromatic rings. The second kappa shape index (κ2) is 4.88. The highest BCUT2D eigenvalue weighted by Gasteiger charge is 2.80. The molecule has 2 nitrogen and oxygen atoms in total. The van der Waals surface area contributed by atoms with Crippen molar-refractivity contribution in [3.63, 3.8) is 0 Å². The lowest BCUT2D eigenvalue weighted by molar-refractivity contribution is -0.189. The fourth-order valence-electron chi connectivity index (χ4n) is 4.18. The molecule has 0 spiro atoms. The van der Waals surface area contributed by atoms with Crippen LogP contribution in [0.2, 0.25) is 0 Å². The SMILES string of the molecule is C[C@H](c1ccccc1)N1C(=O)[C@@]2(C)[C@@H](C)S[C@@]12c1ccccc1. The Bertz CT molecular complexity index is 747. The van der Waals surface area contributed by atoms with E-state index in [1.807, 2.05) is 36.0 Å². The average Bonchev–Trinajstić information content (AvgIpc) is 2.61. The largest absolute Gasteiger partial charge is 0.315 e. The van der Waals surface area contributed by atoms with Crippen LogP contribution in [0.25, 0.3) is 0 Å². The van der Waals surface area contributed by atoms with Gasteiger partial charge < -0.3 is 4.90 Å². The van der Waals surface area contributed by atoms with Crippen molar-refractivity contribution in [2.75, 3.05) is 0 Å². The molecule has 0 bridgehead atoms. The summed E-state index contributed by atoms with van der Waals surface area (Å²) in [5.41, 5.74) is 2.15. The second-order valence-corrected chi connectivity index (χ2v) is 8.27. The van der Waals surface area contributed by atoms with Gasteiger partial charge in [0.25, 0.3) is 0 Å². The Hall–Kier alpha value is -1.74. The van der Waals surface area contributed by atoms with E-state index in [2.05, 4.69) is 62.1 Å². The lowest BCUT2D eigenvalue weighted by Gasteiger charge is -2.74. The van der Waals surface area contributed by atoms with Gasteiger partial charge in [-0.25, -0.2) is 0 Å². The third kappa shape index (κ3) is 1.64. The number of fused-ring (bicyclic) bond motifs is 1. The number of hydrogen-bond acceptors (Lipinski definition) is 2. The molecular formula is C20H21NOS. The molecule has 0 aliphatic carbocycles. The number of rotatable bonds is 3. The summed E-state index contributed by atoms with van der Waals surface area (Å²) < 4.78 is 0. The molecule has 4 atom stereocenters. The summed E-state index contributed by atoms with van der Waals surface area (Å²) in [7, 11) is 0. The van der Waals surface area contributed by atoms with Crippen LogP contribution in [0.5, 0.6) is 0 Å². The lowest BCUT2D eigenvalue weighted by Crippen LogP contribution is -2.82. The molecule has 23 heavy (non-hydrogen) atoms. The topological polar surface area (TPSA) is 20.3 Å². The van der Waals surface area contributed by atoms with E-state index >= 15 is 0 Å². The summed E-state index contributed by atoms with van der Waals surface area (Å²) in [5.74, 6) is 0.281. The number of benzene rings is 2. The van der Waals surface area contributed by atoms with Crippen LogP contribution in [0.15, 0.2) is 60.7 Å². The standard InChI is InChI=1S/C20H21NOS/c1-14(16-10-6-4-7-11-16)21-18(22)19(3)15(2)23-20(19,21)17-12-8-5-9-13-17/h4-15H,1-3H3/t14-,15-,19-,20-/m1/s1. The molecule has 3 heteroatoms. The smallest absolute Gasteiger partial charge is 0.235 e. The van der Waals surface area contributed by atoms with Crippen molar-refractivity contribution < 1.29 is 4.79 Å². The molecule has 0 N–H and O–H groups in total. The third-order valence-electron chi connectivity index (χ3n) is 5.70. The lowest BCUT2D eigenvalue weighted by atomic mass is 9.64. The summed E-state index contributed by atoms with van der Waals surface area (Å²) in [6, 6.07) is 20.9. The molecule has 2 saturated heterocycles. The molecular weight excluding hydrogens is 302 g/mol. The molecule has 0 aromatic heterocycles. The van der Waals surface area contributed by atoms with Gasteiger partial charge in [-0.05, 0) is 25.0 Å². The van der Waals surface area contributed by atoms with Gasteiger partial charge in [0.2, 0.25) is 5.91 Å². The summed E-state index contributed by atoms with van der Waals surface area (Å²) in [6.07, 6.45) is 0. The Kier molecular flexibility index (Phi) is 3.14. The Morgan fingerprint density at radius 3 is 2.17 bits per heavy atom. The fraction of sp³-hybridized carbons (Fsp3) is 0.350. The Morgan fingerprint density at radius 1 is 1.04 bits per heavy atom. The monoisotopic (exact) mass is 323 g/mol. The first-order chi connectivity index (χ1) is 11.0. The van der Waals surface area contributed by atoms with Gasteiger partial charge in [-0.2, -0.15) is 0 Å². The maximum Gasteiger partial charge on any atom is 0.235 e. The molecule has 2 aliphatic heterocycles. The quantitative estimate of drug-likeness (QED) is 0.770. The number of nitrogens with zero attached hydrogens (tertiary/aromatic N) is 1. The van der Waals surface area contributed by atoms with Crippen molar-refractivity contribution in [1.29, 1.82) is 0 Å². The Labute approximate surface area is 141 Å². The van der Waals surface area contributed by atoms with Gasteiger partial charge in [0.15, 0.2) is 0 Å². The fourth-order valence-corrected chi connectivity index (χ4v) is 6.15. The van der Waals surface area contributed by atoms with Gasteiger partial charge in [-0.15, -0.1) is 11.8 Å². The number of likely N-dealkylation sites (tertiary alicyclic amines) is 1. The molecule has 2 fully saturated rings. The molecule has 0 radical (unpaired) electrons. The van der Waals surface area contributed by atoms with Gasteiger partial charge in [-0.3, -0.25) is 4.79 Å². The Balaban J connectivity index is 1.80. The highest BCUT2D eigenvalue weighted by Crippen LogP contribution is 2.76. The van der Waals surface area contributed by atoms with Crippen molar-refractivity contribution in [1.82, 2.24) is 4.90 Å². The van der Waals surface area contributed by atoms with E-state index in [9.17, 15) is 4.79 Å². The molecule has 2 aliphatic rings. The van der Waals surface area contributed by atoms with Crippen molar-refractivity contribution in [2.45, 2.75) is 36.9 Å². The van der Waals surface area contributed by atoms with E-state index in [1.54, 1.807) is 0 Å². The zero-order chi connectivity index (χ0) is 16.2. The first-order valence-electron chi connectivity index (χ1n) is 8.15. The summed E-state index contributed by atoms with van der Waals surface area (Å²) in [5, 5.41) is 0.356. The zero-order valence-electron chi connectivity index (χ0n) is 13.7. The highest BCUT2D eigenvalue weighted by atomic mass is 32.2. The van der Waals surface area contributed by atoms with E-state index < -0.39 is 0 Å². The van der Waals surface area contributed by atoms with Gasteiger partial charge in [0.1, 0.15) is 4.87 Å². The Morgan fingerprint density at radius 2 is 1.61 bits per heavy atom. The minimum Gasteiger partial charge on any atom is -0.315 e. The third-order valence-corrected chi connectivity index (χ3v) is 7.72. The number of carbonyl (C=O) groups is 1. The van der Waals surface area contributed by atoms with Crippen LogP contribution >= 0.6 is 11.8 Å². The van der Waals surface area contributed by atoms with Crippen LogP contribution in [0.1, 0.15) is 37.9 Å². The van der Waals surface area contributed by atoms with E-state index in [1.165, 1.54) is 11.1 Å². The van der Waals surface area contributed by atoms with Crippen molar-refractivity contribution in [2.24, 2.45) is 5.41 Å². The van der Waals surface area contributed by atoms with Crippen molar-refractivity contribution in [3.05, 3.63) is 71.8 Å². The molecule has 4 rings (SSSR count). The van der Waals surface area contributed by atoms with Crippen LogP contribution < -0.4 is 0 Å². The molecule has 118 valence electrons. The minimum atomic E-state index is -0.290. The normalized spacial score (nSPS) is 33.4. The summed E-state index contributed by atoms with van der Waals surface area (Å²) in [4.78, 5) is 14.9. The van der Waals surface area contributed by atoms with Crippen LogP contribution in [-0.4, -0.2) is 16.1 Å². The molecule has 2 aromatic carbocycles. The van der Waals surface area contributed by atoms with Gasteiger partial charge in [0.05, 0.1) is 11.5 Å². The van der Waals surface area contributed by atoms with Crippen LogP contribution in [0.4, 0.5) is 0 Å². The van der Waals surface area contributed by atoms with Crippen molar-refractivity contribution >= 4 is 17.7 Å². The maximum atomic E-state index is 13.1. The molecule has 0 unspecified atom stereocenters. The van der Waals surface area contributed by atoms with E-state index in [0.717, 1.165) is 0 Å². The predicted octanol–water partition coefficient (Wildman–Crippen LogP) is 4.58. The van der Waals surface area contributed by atoms with E-state index in [4.69, 9.17) is 0 Å². The van der Waals surface area contributed by atoms with Crippen LogP contribution in [0, 0.1) is 5.41 Å². The van der Waals surface area contributed by atoms with Gasteiger partial charge >= 0.3 is 0 Å². The van der Waals surface area contributed by atoms with Crippen LogP contribution in [-0.2, 0) is 9.67 Å². The first kappa shape index (κ1) is 14.8. The second-order valence-electron chi connectivity index (χ2n) is 6.73. The minimum absolute atomic E-state index is 0.0805. The zero-order valence-corrected chi connectivity index (χ0v) is 14.5. The van der Waals surface area contributed by atoms with Crippen LogP contribution in [0.3, 0.4) is 0 Å². The predicted molar refractivity (Wildman–Crippen MR) is 95.0 cm³/mol. The first-order valence-corrected chi connectivity index (χ1v) is 9.03. The summed E-state index contributed by atoms with van der Waals surface area (Å²) in [6.45, 7) is 6.45. The number of hydrogen-bond donors (Lipinski definition) is 0. The van der Waals surface area contributed by atoms with Gasteiger partial charge in [0, 0.05) is 5.25 Å². The maximum absolute atomic E-state index is 13.1. The molecule has 0 saturated carbocycles. The molecule has 2 heterocycles. The summed E-state index contributed by atoms with van der Waals surface area (Å²) >= 11 is 1.92. The molecule has 1 amide bonds. The van der Waals surface area contributed by atoms with E-state index in [0.29, 0.717) is 5.25 Å².